The first kappa shape index (κ1) is 17.3. The van der Waals surface area contributed by atoms with Crippen molar-refractivity contribution in [2.45, 2.75) is 39.0 Å². The van der Waals surface area contributed by atoms with E-state index >= 15 is 0 Å². The molecule has 1 amide bonds. The average molecular weight is 339 g/mol. The Bertz CT molecular complexity index is 763. The maximum Gasteiger partial charge on any atom is 0.236 e. The van der Waals surface area contributed by atoms with Crippen LogP contribution in [-0.2, 0) is 10.2 Å². The largest absolute Gasteiger partial charge is 0.506 e. The number of carbonyl (C=O) groups is 1. The van der Waals surface area contributed by atoms with E-state index in [1.165, 1.54) is 17.4 Å². The van der Waals surface area contributed by atoms with E-state index in [0.29, 0.717) is 5.82 Å². The van der Waals surface area contributed by atoms with Crippen LogP contribution >= 0.6 is 0 Å². The molecule has 1 spiro atoms. The van der Waals surface area contributed by atoms with Crippen molar-refractivity contribution < 1.29 is 9.90 Å². The molecule has 0 bridgehead atoms. The van der Waals surface area contributed by atoms with Crippen molar-refractivity contribution in [2.75, 3.05) is 23.3 Å². The second-order valence-electron chi connectivity index (χ2n) is 6.45. The third-order valence-electron chi connectivity index (χ3n) is 5.07. The molecule has 2 aliphatic rings. The van der Waals surface area contributed by atoms with Crippen molar-refractivity contribution in [3.63, 3.8) is 0 Å². The van der Waals surface area contributed by atoms with Gasteiger partial charge in [0.05, 0.1) is 11.6 Å². The Morgan fingerprint density at radius 3 is 2.44 bits per heavy atom. The van der Waals surface area contributed by atoms with Gasteiger partial charge >= 0.3 is 0 Å². The zero-order valence-corrected chi connectivity index (χ0v) is 15.0. The molecule has 5 heteroatoms. The fourth-order valence-electron chi connectivity index (χ4n) is 3.67. The smallest absolute Gasteiger partial charge is 0.236 e. The average Bonchev–Trinajstić information content (AvgIpc) is 2.90. The molecule has 132 valence electrons. The van der Waals surface area contributed by atoms with E-state index in [0.717, 1.165) is 31.5 Å². The molecule has 2 aromatic rings. The van der Waals surface area contributed by atoms with Gasteiger partial charge in [0.2, 0.25) is 5.91 Å². The first-order chi connectivity index (χ1) is 12.1. The maximum absolute atomic E-state index is 12.6. The Balaban J connectivity index is 0.000000880. The van der Waals surface area contributed by atoms with Crippen LogP contribution in [0.3, 0.4) is 0 Å². The highest BCUT2D eigenvalue weighted by Crippen LogP contribution is 2.45. The van der Waals surface area contributed by atoms with E-state index in [1.54, 1.807) is 6.07 Å². The summed E-state index contributed by atoms with van der Waals surface area (Å²) in [5, 5.41) is 12.6. The molecule has 3 heterocycles. The van der Waals surface area contributed by atoms with Crippen LogP contribution in [0.1, 0.15) is 37.8 Å². The summed E-state index contributed by atoms with van der Waals surface area (Å²) in [6.45, 7) is 7.70. The molecule has 0 radical (unpaired) electrons. The Morgan fingerprint density at radius 2 is 1.80 bits per heavy atom. The standard InChI is InChI=1S/C18H19N3O2.C2H6/c1-12-2-4-13(5-3-12)21-8-6-18(7-9-21)15-10-14(22)11-19-16(15)20-17(18)23;1-2/h2-5,10-11,22H,6-9H2,1H3,(H,19,20,23);1-2H3. The zero-order chi connectivity index (χ0) is 18.0. The number of fused-ring (bicyclic) bond motifs is 2. The zero-order valence-electron chi connectivity index (χ0n) is 15.0. The molecule has 4 rings (SSSR count). The minimum atomic E-state index is -0.553. The molecule has 0 aliphatic carbocycles. The highest BCUT2D eigenvalue weighted by atomic mass is 16.3. The maximum atomic E-state index is 12.6. The summed E-state index contributed by atoms with van der Waals surface area (Å²) in [6, 6.07) is 10.2. The molecule has 1 aromatic heterocycles. The van der Waals surface area contributed by atoms with Crippen LogP contribution in [0.4, 0.5) is 11.5 Å². The Kier molecular flexibility index (Phi) is 4.66. The van der Waals surface area contributed by atoms with Crippen molar-refractivity contribution >= 4 is 17.4 Å². The van der Waals surface area contributed by atoms with Crippen molar-refractivity contribution in [1.29, 1.82) is 0 Å². The van der Waals surface area contributed by atoms with E-state index in [2.05, 4.69) is 46.4 Å². The Morgan fingerprint density at radius 1 is 1.16 bits per heavy atom. The minimum absolute atomic E-state index is 0.00848. The van der Waals surface area contributed by atoms with Gasteiger partial charge in [-0.3, -0.25) is 4.79 Å². The van der Waals surface area contributed by atoms with Gasteiger partial charge in [0.25, 0.3) is 0 Å². The van der Waals surface area contributed by atoms with E-state index in [1.807, 2.05) is 13.8 Å². The van der Waals surface area contributed by atoms with Crippen LogP contribution in [0.15, 0.2) is 36.5 Å². The number of nitrogens with zero attached hydrogens (tertiary/aromatic N) is 2. The predicted octanol–water partition coefficient (Wildman–Crippen LogP) is 3.61. The molecule has 25 heavy (non-hydrogen) atoms. The summed E-state index contributed by atoms with van der Waals surface area (Å²) in [7, 11) is 0. The third kappa shape index (κ3) is 2.95. The van der Waals surface area contributed by atoms with Crippen LogP contribution in [0, 0.1) is 6.92 Å². The quantitative estimate of drug-likeness (QED) is 0.833. The van der Waals surface area contributed by atoms with Crippen molar-refractivity contribution in [3.05, 3.63) is 47.7 Å². The number of rotatable bonds is 1. The van der Waals surface area contributed by atoms with Crippen molar-refractivity contribution in [3.8, 4) is 5.75 Å². The number of nitrogens with one attached hydrogen (secondary N) is 1. The lowest BCUT2D eigenvalue weighted by Gasteiger charge is -2.39. The van der Waals surface area contributed by atoms with Gasteiger partial charge in [-0.15, -0.1) is 0 Å². The number of carbonyl (C=O) groups excluding carboxylic acids is 1. The second-order valence-corrected chi connectivity index (χ2v) is 6.45. The van der Waals surface area contributed by atoms with Crippen LogP contribution in [-0.4, -0.2) is 29.1 Å². The number of benzene rings is 1. The van der Waals surface area contributed by atoms with Crippen molar-refractivity contribution in [2.24, 2.45) is 0 Å². The number of amides is 1. The molecule has 1 fully saturated rings. The van der Waals surface area contributed by atoms with Gasteiger partial charge in [0.1, 0.15) is 11.6 Å². The lowest BCUT2D eigenvalue weighted by atomic mass is 9.74. The normalized spacial score (nSPS) is 17.6. The van der Waals surface area contributed by atoms with Gasteiger partial charge in [-0.05, 0) is 38.0 Å². The molecule has 2 aliphatic heterocycles. The summed E-state index contributed by atoms with van der Waals surface area (Å²) in [5.74, 6) is 0.714. The lowest BCUT2D eigenvalue weighted by Crippen LogP contribution is -2.46. The predicted molar refractivity (Wildman–Crippen MR) is 100 cm³/mol. The Hall–Kier alpha value is -2.56. The fourth-order valence-corrected chi connectivity index (χ4v) is 3.67. The van der Waals surface area contributed by atoms with Gasteiger partial charge in [0, 0.05) is 24.3 Å². The number of aryl methyl sites for hydroxylation is 1. The van der Waals surface area contributed by atoms with Gasteiger partial charge in [-0.25, -0.2) is 4.98 Å². The molecule has 0 saturated carbocycles. The molecular weight excluding hydrogens is 314 g/mol. The molecule has 1 saturated heterocycles. The SMILES string of the molecule is CC.Cc1ccc(N2CCC3(CC2)C(=O)Nc2ncc(O)cc23)cc1. The summed E-state index contributed by atoms with van der Waals surface area (Å²) in [4.78, 5) is 19.0. The number of anilines is 2. The second kappa shape index (κ2) is 6.75. The number of hydrogen-bond acceptors (Lipinski definition) is 4. The monoisotopic (exact) mass is 339 g/mol. The van der Waals surface area contributed by atoms with E-state index in [4.69, 9.17) is 0 Å². The van der Waals surface area contributed by atoms with E-state index < -0.39 is 5.41 Å². The highest BCUT2D eigenvalue weighted by Gasteiger charge is 2.49. The summed E-state index contributed by atoms with van der Waals surface area (Å²) < 4.78 is 0. The van der Waals surface area contributed by atoms with Crippen molar-refractivity contribution in [1.82, 2.24) is 4.98 Å². The fraction of sp³-hybridized carbons (Fsp3) is 0.400. The number of pyridine rings is 1. The molecule has 2 N–H and O–H groups in total. The molecule has 1 aromatic carbocycles. The summed E-state index contributed by atoms with van der Waals surface area (Å²) >= 11 is 0. The minimum Gasteiger partial charge on any atom is -0.506 e. The number of piperidine rings is 1. The van der Waals surface area contributed by atoms with Crippen LogP contribution in [0.2, 0.25) is 0 Å². The number of hydrogen-bond donors (Lipinski definition) is 2. The van der Waals surface area contributed by atoms with Crippen LogP contribution in [0.5, 0.6) is 5.75 Å². The molecule has 0 unspecified atom stereocenters. The molecule has 5 nitrogen and oxygen atoms in total. The van der Waals surface area contributed by atoms with Gasteiger partial charge in [-0.1, -0.05) is 31.5 Å². The summed E-state index contributed by atoms with van der Waals surface area (Å²) in [6.07, 6.45) is 2.83. The first-order valence-corrected chi connectivity index (χ1v) is 8.91. The number of aromatic hydroxyl groups is 1. The van der Waals surface area contributed by atoms with E-state index in [9.17, 15) is 9.90 Å². The molecular formula is C20H25N3O2. The van der Waals surface area contributed by atoms with Crippen LogP contribution < -0.4 is 10.2 Å². The first-order valence-electron chi connectivity index (χ1n) is 8.91. The van der Waals surface area contributed by atoms with Gasteiger partial charge < -0.3 is 15.3 Å². The van der Waals surface area contributed by atoms with Gasteiger partial charge in [-0.2, -0.15) is 0 Å². The molecule has 0 atom stereocenters. The van der Waals surface area contributed by atoms with E-state index in [-0.39, 0.29) is 11.7 Å². The summed E-state index contributed by atoms with van der Waals surface area (Å²) in [5.41, 5.74) is 2.72. The third-order valence-corrected chi connectivity index (χ3v) is 5.07. The Labute approximate surface area is 148 Å². The van der Waals surface area contributed by atoms with Gasteiger partial charge in [0.15, 0.2) is 0 Å². The lowest BCUT2D eigenvalue weighted by molar-refractivity contribution is -0.121. The topological polar surface area (TPSA) is 65.5 Å². The van der Waals surface area contributed by atoms with Crippen LogP contribution in [0.25, 0.3) is 0 Å². The number of aromatic nitrogens is 1. The highest BCUT2D eigenvalue weighted by molar-refractivity contribution is 6.05.